The number of nitrogens with zero attached hydrogens (tertiary/aromatic N) is 1. The molecule has 1 saturated heterocycles. The summed E-state index contributed by atoms with van der Waals surface area (Å²) in [6.45, 7) is 0.613. The predicted octanol–water partition coefficient (Wildman–Crippen LogP) is 2.79. The number of amides is 2. The molecule has 1 aliphatic heterocycles. The molecule has 3 N–H and O–H groups in total. The van der Waals surface area contributed by atoms with Gasteiger partial charge in [0.05, 0.1) is 35.7 Å². The number of para-hydroxylation sites is 1. The number of aromatic amines is 1. The average molecular weight is 300 g/mol. The first-order chi connectivity index (χ1) is 10.7. The molecule has 6 heteroatoms. The molecule has 2 aliphatic rings. The van der Waals surface area contributed by atoms with Crippen LogP contribution in [0.1, 0.15) is 32.1 Å². The molecule has 2 aromatic rings. The van der Waals surface area contributed by atoms with Gasteiger partial charge in [-0.25, -0.2) is 4.79 Å². The van der Waals surface area contributed by atoms with Crippen molar-refractivity contribution < 1.29 is 9.53 Å². The van der Waals surface area contributed by atoms with E-state index in [1.165, 1.54) is 12.8 Å². The van der Waals surface area contributed by atoms with Gasteiger partial charge in [-0.2, -0.15) is 5.10 Å². The van der Waals surface area contributed by atoms with Crippen LogP contribution in [0.4, 0.5) is 10.5 Å². The second kappa shape index (κ2) is 5.28. The van der Waals surface area contributed by atoms with E-state index < -0.39 is 0 Å². The number of anilines is 1. The highest BCUT2D eigenvalue weighted by atomic mass is 16.5. The molecule has 0 radical (unpaired) electrons. The first-order valence-corrected chi connectivity index (χ1v) is 7.88. The van der Waals surface area contributed by atoms with E-state index in [0.29, 0.717) is 6.61 Å². The number of hydrogen-bond acceptors (Lipinski definition) is 3. The molecular weight excluding hydrogens is 280 g/mol. The number of nitrogens with one attached hydrogen (secondary N) is 3. The Bertz CT molecular complexity index is 690. The smallest absolute Gasteiger partial charge is 0.319 e. The summed E-state index contributed by atoms with van der Waals surface area (Å²) >= 11 is 0. The van der Waals surface area contributed by atoms with Gasteiger partial charge in [0.2, 0.25) is 0 Å². The molecule has 2 amide bonds. The van der Waals surface area contributed by atoms with E-state index in [0.717, 1.165) is 35.9 Å². The number of aromatic nitrogens is 2. The van der Waals surface area contributed by atoms with E-state index in [1.54, 1.807) is 6.20 Å². The lowest BCUT2D eigenvalue weighted by atomic mass is 9.96. The van der Waals surface area contributed by atoms with E-state index in [4.69, 9.17) is 4.74 Å². The van der Waals surface area contributed by atoms with Gasteiger partial charge < -0.3 is 15.4 Å². The Balaban J connectivity index is 1.40. The largest absolute Gasteiger partial charge is 0.373 e. The van der Waals surface area contributed by atoms with E-state index >= 15 is 0 Å². The lowest BCUT2D eigenvalue weighted by Gasteiger charge is -2.21. The van der Waals surface area contributed by atoms with Gasteiger partial charge in [0.15, 0.2) is 0 Å². The van der Waals surface area contributed by atoms with Crippen molar-refractivity contribution in [1.82, 2.24) is 15.5 Å². The second-order valence-corrected chi connectivity index (χ2v) is 6.34. The van der Waals surface area contributed by atoms with Gasteiger partial charge in [-0.1, -0.05) is 25.0 Å². The number of carbonyl (C=O) groups excluding carboxylic acids is 1. The number of fused-ring (bicyclic) bond motifs is 1. The van der Waals surface area contributed by atoms with Crippen LogP contribution in [0.15, 0.2) is 24.4 Å². The van der Waals surface area contributed by atoms with Crippen LogP contribution in [0.25, 0.3) is 10.9 Å². The zero-order valence-corrected chi connectivity index (χ0v) is 12.4. The zero-order valence-electron chi connectivity index (χ0n) is 12.4. The molecule has 4 rings (SSSR count). The summed E-state index contributed by atoms with van der Waals surface area (Å²) in [4.78, 5) is 12.2. The third-order valence-electron chi connectivity index (χ3n) is 4.78. The molecule has 1 aromatic carbocycles. The lowest BCUT2D eigenvalue weighted by Crippen LogP contribution is -2.39. The fourth-order valence-electron chi connectivity index (χ4n) is 3.72. The number of H-pyrrole nitrogens is 1. The maximum Gasteiger partial charge on any atom is 0.319 e. The number of ether oxygens (including phenoxy) is 1. The molecule has 6 nitrogen and oxygen atoms in total. The van der Waals surface area contributed by atoms with Crippen molar-refractivity contribution in [1.29, 1.82) is 0 Å². The highest BCUT2D eigenvalue weighted by Gasteiger charge is 2.42. The van der Waals surface area contributed by atoms with Gasteiger partial charge in [0.25, 0.3) is 0 Å². The van der Waals surface area contributed by atoms with Gasteiger partial charge in [0.1, 0.15) is 0 Å². The first-order valence-electron chi connectivity index (χ1n) is 7.88. The summed E-state index contributed by atoms with van der Waals surface area (Å²) in [6, 6.07) is 5.63. The molecule has 2 heterocycles. The highest BCUT2D eigenvalue weighted by molar-refractivity contribution is 5.99. The van der Waals surface area contributed by atoms with Crippen LogP contribution in [0.3, 0.4) is 0 Å². The minimum Gasteiger partial charge on any atom is -0.373 e. The maximum absolute atomic E-state index is 12.2. The third kappa shape index (κ3) is 2.43. The van der Waals surface area contributed by atoms with Crippen molar-refractivity contribution in [2.75, 3.05) is 11.9 Å². The van der Waals surface area contributed by atoms with E-state index in [9.17, 15) is 4.79 Å². The van der Waals surface area contributed by atoms with Gasteiger partial charge >= 0.3 is 6.03 Å². The molecule has 0 bridgehead atoms. The Morgan fingerprint density at radius 2 is 2.23 bits per heavy atom. The third-order valence-corrected chi connectivity index (χ3v) is 4.78. The van der Waals surface area contributed by atoms with Crippen LogP contribution in [-0.4, -0.2) is 34.5 Å². The predicted molar refractivity (Wildman–Crippen MR) is 83.8 cm³/mol. The van der Waals surface area contributed by atoms with Gasteiger partial charge in [-0.05, 0) is 25.3 Å². The summed E-state index contributed by atoms with van der Waals surface area (Å²) in [5, 5.41) is 13.8. The number of carbonyl (C=O) groups is 1. The summed E-state index contributed by atoms with van der Waals surface area (Å²) in [5.74, 6) is 0. The van der Waals surface area contributed by atoms with Gasteiger partial charge in [0, 0.05) is 5.39 Å². The Labute approximate surface area is 128 Å². The maximum atomic E-state index is 12.2. The summed E-state index contributed by atoms with van der Waals surface area (Å²) < 4.78 is 5.96. The van der Waals surface area contributed by atoms with E-state index in [1.807, 2.05) is 18.2 Å². The SMILES string of the molecule is O=C(Nc1cccc2cn[nH]c12)N[C@@H]1COC2(CCCC2)C1. The van der Waals surface area contributed by atoms with Crippen LogP contribution in [0.2, 0.25) is 0 Å². The highest BCUT2D eigenvalue weighted by Crippen LogP contribution is 2.40. The Morgan fingerprint density at radius 3 is 3.09 bits per heavy atom. The molecule has 2 fully saturated rings. The van der Waals surface area contributed by atoms with Crippen LogP contribution in [0, 0.1) is 0 Å². The van der Waals surface area contributed by atoms with Crippen molar-refractivity contribution >= 4 is 22.6 Å². The molecule has 116 valence electrons. The minimum absolute atomic E-state index is 0.0291. The number of benzene rings is 1. The van der Waals surface area contributed by atoms with Crippen molar-refractivity contribution in [2.45, 2.75) is 43.7 Å². The van der Waals surface area contributed by atoms with Crippen molar-refractivity contribution in [3.63, 3.8) is 0 Å². The molecule has 1 spiro atoms. The number of rotatable bonds is 2. The van der Waals surface area contributed by atoms with Crippen LogP contribution in [0.5, 0.6) is 0 Å². The Morgan fingerprint density at radius 1 is 1.36 bits per heavy atom. The molecule has 1 aromatic heterocycles. The summed E-state index contributed by atoms with van der Waals surface area (Å²) in [5.41, 5.74) is 1.61. The summed E-state index contributed by atoms with van der Waals surface area (Å²) in [6.07, 6.45) is 7.39. The molecule has 1 saturated carbocycles. The normalized spacial score (nSPS) is 23.2. The molecule has 1 aliphatic carbocycles. The standard InChI is InChI=1S/C16H20N4O2/c21-15(18-12-8-16(22-10-12)6-1-2-7-16)19-13-5-3-4-11-9-17-20-14(11)13/h3-5,9,12H,1-2,6-8,10H2,(H,17,20)(H2,18,19,21)/t12-/m0/s1. The quantitative estimate of drug-likeness (QED) is 0.798. The second-order valence-electron chi connectivity index (χ2n) is 6.34. The molecule has 0 unspecified atom stereocenters. The molecule has 22 heavy (non-hydrogen) atoms. The Kier molecular flexibility index (Phi) is 3.26. The molecule has 1 atom stereocenters. The fourth-order valence-corrected chi connectivity index (χ4v) is 3.72. The number of urea groups is 1. The fraction of sp³-hybridized carbons (Fsp3) is 0.500. The van der Waals surface area contributed by atoms with E-state index in [-0.39, 0.29) is 17.7 Å². The first kappa shape index (κ1) is 13.6. The van der Waals surface area contributed by atoms with Crippen LogP contribution in [-0.2, 0) is 4.74 Å². The summed E-state index contributed by atoms with van der Waals surface area (Å²) in [7, 11) is 0. The average Bonchev–Trinajstić information content (AvgIpc) is 3.22. The van der Waals surface area contributed by atoms with Crippen molar-refractivity contribution in [3.8, 4) is 0 Å². The lowest BCUT2D eigenvalue weighted by molar-refractivity contribution is 0.00998. The minimum atomic E-state index is -0.189. The number of hydrogen-bond donors (Lipinski definition) is 3. The van der Waals surface area contributed by atoms with Crippen molar-refractivity contribution in [3.05, 3.63) is 24.4 Å². The van der Waals surface area contributed by atoms with Crippen molar-refractivity contribution in [2.24, 2.45) is 0 Å². The molecular formula is C16H20N4O2. The van der Waals surface area contributed by atoms with Crippen LogP contribution < -0.4 is 10.6 Å². The van der Waals surface area contributed by atoms with E-state index in [2.05, 4.69) is 20.8 Å². The topological polar surface area (TPSA) is 79.0 Å². The van der Waals surface area contributed by atoms with Gasteiger partial charge in [-0.15, -0.1) is 0 Å². The Hall–Kier alpha value is -2.08. The zero-order chi connectivity index (χ0) is 15.0. The van der Waals surface area contributed by atoms with Crippen LogP contribution >= 0.6 is 0 Å². The monoisotopic (exact) mass is 300 g/mol. The van der Waals surface area contributed by atoms with Gasteiger partial charge in [-0.3, -0.25) is 5.10 Å².